The minimum Gasteiger partial charge on any atom is -0.494 e. The number of rotatable bonds is 5. The summed E-state index contributed by atoms with van der Waals surface area (Å²) in [6.07, 6.45) is 0. The van der Waals surface area contributed by atoms with Crippen molar-refractivity contribution in [3.8, 4) is 5.75 Å². The van der Waals surface area contributed by atoms with Gasteiger partial charge in [0.2, 0.25) is 0 Å². The molecule has 138 valence electrons. The van der Waals surface area contributed by atoms with Crippen LogP contribution in [0.25, 0.3) is 0 Å². The van der Waals surface area contributed by atoms with Crippen LogP contribution in [0.1, 0.15) is 13.8 Å². The van der Waals surface area contributed by atoms with Crippen molar-refractivity contribution in [1.29, 1.82) is 0 Å². The van der Waals surface area contributed by atoms with Crippen molar-refractivity contribution < 1.29 is 21.6 Å². The molecule has 1 aliphatic heterocycles. The van der Waals surface area contributed by atoms with Gasteiger partial charge in [0.25, 0.3) is 20.0 Å². The number of hydrogen-bond donors (Lipinski definition) is 2. The number of sulfonamides is 2. The van der Waals surface area contributed by atoms with Crippen LogP contribution in [0, 0.1) is 0 Å². The van der Waals surface area contributed by atoms with Crippen LogP contribution in [0.3, 0.4) is 0 Å². The molecule has 0 saturated heterocycles. The molecule has 0 bridgehead atoms. The fourth-order valence-electron chi connectivity index (χ4n) is 2.43. The van der Waals surface area contributed by atoms with Gasteiger partial charge in [-0.3, -0.25) is 4.72 Å². The van der Waals surface area contributed by atoms with E-state index in [4.69, 9.17) is 4.74 Å². The standard InChI is InChI=1S/C16H17N3O5S2/c1-3-24-13-6-4-12(5-7-13)19-25(20,21)14-8-9-15-16(10-14)26(22,23)18-11(2)17-15/h4-10,19H,3H2,1-2H3,(H,17,18). The molecular weight excluding hydrogens is 378 g/mol. The Hall–Kier alpha value is -2.59. The van der Waals surface area contributed by atoms with Crippen LogP contribution >= 0.6 is 0 Å². The number of fused-ring (bicyclic) bond motifs is 1. The topological polar surface area (TPSA) is 114 Å². The van der Waals surface area contributed by atoms with Gasteiger partial charge in [-0.1, -0.05) is 0 Å². The summed E-state index contributed by atoms with van der Waals surface area (Å²) in [7, 11) is -7.91. The summed E-state index contributed by atoms with van der Waals surface area (Å²) >= 11 is 0. The van der Waals surface area contributed by atoms with Gasteiger partial charge in [0.1, 0.15) is 16.5 Å². The summed E-state index contributed by atoms with van der Waals surface area (Å²) in [4.78, 5) is -0.358. The second-order valence-electron chi connectivity index (χ2n) is 5.50. The molecule has 8 nitrogen and oxygen atoms in total. The summed E-state index contributed by atoms with van der Waals surface area (Å²) in [5.41, 5.74) is 0.624. The predicted molar refractivity (Wildman–Crippen MR) is 98.8 cm³/mol. The van der Waals surface area contributed by atoms with Crippen LogP contribution in [0.5, 0.6) is 5.75 Å². The number of amidine groups is 1. The number of anilines is 2. The largest absolute Gasteiger partial charge is 0.494 e. The Morgan fingerprint density at radius 3 is 2.50 bits per heavy atom. The Kier molecular flexibility index (Phi) is 4.63. The monoisotopic (exact) mass is 395 g/mol. The van der Waals surface area contributed by atoms with E-state index < -0.39 is 20.0 Å². The number of hydrogen-bond acceptors (Lipinski definition) is 6. The normalized spacial score (nSPS) is 15.4. The first-order valence-electron chi connectivity index (χ1n) is 7.69. The lowest BCUT2D eigenvalue weighted by Crippen LogP contribution is -2.20. The van der Waals surface area contributed by atoms with E-state index >= 15 is 0 Å². The second-order valence-corrected chi connectivity index (χ2v) is 8.75. The third kappa shape index (κ3) is 3.65. The van der Waals surface area contributed by atoms with Crippen molar-refractivity contribution >= 4 is 37.3 Å². The number of ether oxygens (including phenoxy) is 1. The van der Waals surface area contributed by atoms with Gasteiger partial charge in [0.05, 0.1) is 17.2 Å². The van der Waals surface area contributed by atoms with E-state index in [0.717, 1.165) is 6.07 Å². The lowest BCUT2D eigenvalue weighted by Gasteiger charge is -2.17. The first kappa shape index (κ1) is 18.2. The Balaban J connectivity index is 1.92. The van der Waals surface area contributed by atoms with Crippen molar-refractivity contribution in [2.75, 3.05) is 16.6 Å². The zero-order chi connectivity index (χ0) is 18.9. The highest BCUT2D eigenvalue weighted by atomic mass is 32.2. The fourth-order valence-corrected chi connectivity index (χ4v) is 4.77. The molecule has 0 spiro atoms. The minimum atomic E-state index is -3.97. The summed E-state index contributed by atoms with van der Waals surface area (Å²) in [5, 5.41) is 2.80. The van der Waals surface area contributed by atoms with E-state index in [2.05, 4.69) is 14.4 Å². The first-order valence-corrected chi connectivity index (χ1v) is 10.6. The van der Waals surface area contributed by atoms with Crippen molar-refractivity contribution in [2.45, 2.75) is 23.6 Å². The number of nitrogens with zero attached hydrogens (tertiary/aromatic N) is 1. The maximum atomic E-state index is 12.6. The van der Waals surface area contributed by atoms with E-state index in [-0.39, 0.29) is 21.3 Å². The summed E-state index contributed by atoms with van der Waals surface area (Å²) < 4.78 is 60.7. The van der Waals surface area contributed by atoms with Crippen molar-refractivity contribution in [3.05, 3.63) is 42.5 Å². The summed E-state index contributed by atoms with van der Waals surface area (Å²) in [6.45, 7) is 3.87. The highest BCUT2D eigenvalue weighted by Gasteiger charge is 2.26. The molecule has 0 atom stereocenters. The molecule has 10 heteroatoms. The average Bonchev–Trinajstić information content (AvgIpc) is 2.55. The number of nitrogens with one attached hydrogen (secondary N) is 2. The molecule has 26 heavy (non-hydrogen) atoms. The van der Waals surface area contributed by atoms with Crippen LogP contribution < -0.4 is 14.8 Å². The molecule has 0 saturated carbocycles. The highest BCUT2D eigenvalue weighted by molar-refractivity contribution is 7.93. The molecule has 0 aliphatic carbocycles. The number of benzene rings is 2. The van der Waals surface area contributed by atoms with E-state index in [1.54, 1.807) is 24.3 Å². The Labute approximate surface area is 152 Å². The Morgan fingerprint density at radius 2 is 1.85 bits per heavy atom. The zero-order valence-electron chi connectivity index (χ0n) is 14.1. The highest BCUT2D eigenvalue weighted by Crippen LogP contribution is 2.30. The van der Waals surface area contributed by atoms with Crippen LogP contribution in [0.2, 0.25) is 0 Å². The van der Waals surface area contributed by atoms with Crippen LogP contribution in [-0.2, 0) is 20.0 Å². The molecule has 1 heterocycles. The van der Waals surface area contributed by atoms with E-state index in [0.29, 0.717) is 18.0 Å². The SMILES string of the molecule is CCOc1ccc(NS(=O)(=O)c2ccc3c(c2)S(=O)(=O)N=C(C)N3)cc1. The third-order valence-corrected chi connectivity index (χ3v) is 6.32. The molecule has 0 fully saturated rings. The Morgan fingerprint density at radius 1 is 1.15 bits per heavy atom. The quantitative estimate of drug-likeness (QED) is 0.804. The van der Waals surface area contributed by atoms with Crippen molar-refractivity contribution in [2.24, 2.45) is 4.40 Å². The van der Waals surface area contributed by atoms with Gasteiger partial charge in [0.15, 0.2) is 0 Å². The van der Waals surface area contributed by atoms with Crippen LogP contribution in [0.4, 0.5) is 11.4 Å². The smallest absolute Gasteiger partial charge is 0.286 e. The lowest BCUT2D eigenvalue weighted by atomic mass is 10.3. The van der Waals surface area contributed by atoms with Crippen molar-refractivity contribution in [3.63, 3.8) is 0 Å². The van der Waals surface area contributed by atoms with Gasteiger partial charge in [-0.15, -0.1) is 4.40 Å². The van der Waals surface area contributed by atoms with Crippen molar-refractivity contribution in [1.82, 2.24) is 0 Å². The molecule has 2 aromatic rings. The molecule has 2 aromatic carbocycles. The lowest BCUT2D eigenvalue weighted by molar-refractivity contribution is 0.340. The average molecular weight is 395 g/mol. The van der Waals surface area contributed by atoms with Crippen LogP contribution in [-0.4, -0.2) is 29.3 Å². The molecule has 0 radical (unpaired) electrons. The molecular formula is C16H17N3O5S2. The van der Waals surface area contributed by atoms with E-state index in [9.17, 15) is 16.8 Å². The van der Waals surface area contributed by atoms with E-state index in [1.165, 1.54) is 19.1 Å². The minimum absolute atomic E-state index is 0.176. The van der Waals surface area contributed by atoms with Gasteiger partial charge in [-0.25, -0.2) is 8.42 Å². The summed E-state index contributed by atoms with van der Waals surface area (Å²) in [5.74, 6) is 0.843. The zero-order valence-corrected chi connectivity index (χ0v) is 15.7. The van der Waals surface area contributed by atoms with Crippen LogP contribution in [0.15, 0.2) is 56.7 Å². The fraction of sp³-hybridized carbons (Fsp3) is 0.188. The Bertz CT molecular complexity index is 1080. The molecule has 1 aliphatic rings. The van der Waals surface area contributed by atoms with Gasteiger partial charge >= 0.3 is 0 Å². The predicted octanol–water partition coefficient (Wildman–Crippen LogP) is 2.42. The maximum absolute atomic E-state index is 12.6. The molecule has 0 unspecified atom stereocenters. The van der Waals surface area contributed by atoms with Gasteiger partial charge < -0.3 is 10.1 Å². The van der Waals surface area contributed by atoms with Gasteiger partial charge in [0, 0.05) is 5.69 Å². The molecule has 2 N–H and O–H groups in total. The third-order valence-electron chi connectivity index (χ3n) is 3.53. The van der Waals surface area contributed by atoms with Gasteiger partial charge in [-0.05, 0) is 56.3 Å². The summed E-state index contributed by atoms with van der Waals surface area (Å²) in [6, 6.07) is 10.2. The first-order chi connectivity index (χ1) is 12.2. The van der Waals surface area contributed by atoms with Gasteiger partial charge in [-0.2, -0.15) is 8.42 Å². The maximum Gasteiger partial charge on any atom is 0.286 e. The molecule has 0 aromatic heterocycles. The second kappa shape index (κ2) is 6.61. The molecule has 3 rings (SSSR count). The van der Waals surface area contributed by atoms with E-state index in [1.807, 2.05) is 6.92 Å². The molecule has 0 amide bonds.